The van der Waals surface area contributed by atoms with E-state index in [0.717, 1.165) is 0 Å². The van der Waals surface area contributed by atoms with Crippen molar-refractivity contribution in [3.05, 3.63) is 33.8 Å². The van der Waals surface area contributed by atoms with E-state index in [1.807, 2.05) is 6.07 Å². The van der Waals surface area contributed by atoms with E-state index >= 15 is 0 Å². The summed E-state index contributed by atoms with van der Waals surface area (Å²) in [5, 5.41) is 8.95. The van der Waals surface area contributed by atoms with Crippen LogP contribution in [0.25, 0.3) is 0 Å². The number of hydrogen-bond acceptors (Lipinski definition) is 3. The number of carbonyl (C=O) groups is 1. The van der Waals surface area contributed by atoms with Crippen LogP contribution in [-0.2, 0) is 10.6 Å². The first-order chi connectivity index (χ1) is 7.63. The van der Waals surface area contributed by atoms with Gasteiger partial charge in [0.25, 0.3) is 0 Å². The van der Waals surface area contributed by atoms with Gasteiger partial charge in [-0.25, -0.2) is 4.79 Å². The quantitative estimate of drug-likeness (QED) is 0.618. The molecule has 0 heterocycles. The van der Waals surface area contributed by atoms with E-state index in [4.69, 9.17) is 33.2 Å². The number of ether oxygens (including phenoxy) is 1. The SMILES string of the molecule is CCOC(=O)c1cc(CCl)cc(C#N)c1Cl. The maximum absolute atomic E-state index is 11.5. The lowest BCUT2D eigenvalue weighted by atomic mass is 10.1. The van der Waals surface area contributed by atoms with Gasteiger partial charge in [0.15, 0.2) is 0 Å². The van der Waals surface area contributed by atoms with Crippen LogP contribution in [0.15, 0.2) is 12.1 Å². The van der Waals surface area contributed by atoms with Crippen LogP contribution in [0.2, 0.25) is 5.02 Å². The number of nitrogens with zero attached hydrogens (tertiary/aromatic N) is 1. The van der Waals surface area contributed by atoms with E-state index < -0.39 is 5.97 Å². The number of nitriles is 1. The predicted octanol–water partition coefficient (Wildman–Crippen LogP) is 3.13. The Hall–Kier alpha value is -1.24. The van der Waals surface area contributed by atoms with Gasteiger partial charge in [-0.15, -0.1) is 11.6 Å². The van der Waals surface area contributed by atoms with Crippen molar-refractivity contribution < 1.29 is 9.53 Å². The lowest BCUT2D eigenvalue weighted by molar-refractivity contribution is 0.0526. The minimum absolute atomic E-state index is 0.106. The van der Waals surface area contributed by atoms with Gasteiger partial charge in [0.2, 0.25) is 0 Å². The molecule has 0 bridgehead atoms. The minimum Gasteiger partial charge on any atom is -0.462 e. The molecule has 84 valence electrons. The number of rotatable bonds is 3. The summed E-state index contributed by atoms with van der Waals surface area (Å²) in [6, 6.07) is 5.00. The number of benzene rings is 1. The molecule has 0 spiro atoms. The lowest BCUT2D eigenvalue weighted by Gasteiger charge is -2.07. The zero-order valence-electron chi connectivity index (χ0n) is 8.59. The van der Waals surface area contributed by atoms with Crippen molar-refractivity contribution in [3.63, 3.8) is 0 Å². The van der Waals surface area contributed by atoms with Crippen molar-refractivity contribution in [2.75, 3.05) is 6.61 Å². The van der Waals surface area contributed by atoms with E-state index in [2.05, 4.69) is 0 Å². The average molecular weight is 258 g/mol. The summed E-state index contributed by atoms with van der Waals surface area (Å²) in [4.78, 5) is 11.5. The van der Waals surface area contributed by atoms with Gasteiger partial charge in [0.05, 0.1) is 22.8 Å². The van der Waals surface area contributed by atoms with Crippen molar-refractivity contribution in [3.8, 4) is 6.07 Å². The fourth-order valence-corrected chi connectivity index (χ4v) is 1.58. The summed E-state index contributed by atoms with van der Waals surface area (Å²) in [6.07, 6.45) is 0. The van der Waals surface area contributed by atoms with Crippen molar-refractivity contribution in [1.29, 1.82) is 5.26 Å². The molecular formula is C11H9Cl2NO2. The Bertz CT molecular complexity index is 452. The third-order valence-corrected chi connectivity index (χ3v) is 2.62. The molecule has 0 fully saturated rings. The number of esters is 1. The normalized spacial score (nSPS) is 9.62. The third-order valence-electron chi connectivity index (χ3n) is 1.90. The molecule has 0 aromatic heterocycles. The number of halogens is 2. The molecule has 0 N–H and O–H groups in total. The molecule has 1 aromatic carbocycles. The second kappa shape index (κ2) is 5.74. The maximum atomic E-state index is 11.5. The summed E-state index contributed by atoms with van der Waals surface area (Å²) >= 11 is 11.6. The Kier molecular flexibility index (Phi) is 4.60. The van der Waals surface area contributed by atoms with Crippen molar-refractivity contribution in [2.45, 2.75) is 12.8 Å². The molecule has 0 saturated carbocycles. The summed E-state index contributed by atoms with van der Waals surface area (Å²) in [7, 11) is 0. The molecule has 0 aliphatic carbocycles. The Morgan fingerprint density at radius 1 is 1.56 bits per heavy atom. The Labute approximate surface area is 104 Å². The van der Waals surface area contributed by atoms with Crippen LogP contribution in [0.5, 0.6) is 0 Å². The van der Waals surface area contributed by atoms with Gasteiger partial charge in [-0.2, -0.15) is 5.26 Å². The highest BCUT2D eigenvalue weighted by atomic mass is 35.5. The van der Waals surface area contributed by atoms with Crippen LogP contribution >= 0.6 is 23.2 Å². The van der Waals surface area contributed by atoms with Gasteiger partial charge in [0.1, 0.15) is 6.07 Å². The minimum atomic E-state index is -0.545. The second-order valence-corrected chi connectivity index (χ2v) is 3.62. The molecule has 0 aliphatic heterocycles. The van der Waals surface area contributed by atoms with Gasteiger partial charge in [-0.3, -0.25) is 0 Å². The van der Waals surface area contributed by atoms with E-state index in [1.165, 1.54) is 6.07 Å². The number of carbonyl (C=O) groups excluding carboxylic acids is 1. The molecule has 1 rings (SSSR count). The monoisotopic (exact) mass is 257 g/mol. The zero-order chi connectivity index (χ0) is 12.1. The van der Waals surface area contributed by atoms with E-state index in [-0.39, 0.29) is 28.6 Å². The molecule has 0 aliphatic rings. The van der Waals surface area contributed by atoms with Crippen LogP contribution in [0.4, 0.5) is 0 Å². The fraction of sp³-hybridized carbons (Fsp3) is 0.273. The van der Waals surface area contributed by atoms with Crippen LogP contribution < -0.4 is 0 Å². The maximum Gasteiger partial charge on any atom is 0.339 e. The number of hydrogen-bond donors (Lipinski definition) is 0. The molecule has 5 heteroatoms. The van der Waals surface area contributed by atoms with Gasteiger partial charge < -0.3 is 4.74 Å². The summed E-state index contributed by atoms with van der Waals surface area (Å²) in [5.41, 5.74) is 1.06. The highest BCUT2D eigenvalue weighted by Gasteiger charge is 2.16. The molecular weight excluding hydrogens is 249 g/mol. The third kappa shape index (κ3) is 2.66. The van der Waals surface area contributed by atoms with Crippen LogP contribution in [0.3, 0.4) is 0 Å². The number of alkyl halides is 1. The Morgan fingerprint density at radius 3 is 2.75 bits per heavy atom. The highest BCUT2D eigenvalue weighted by Crippen LogP contribution is 2.24. The molecule has 3 nitrogen and oxygen atoms in total. The topological polar surface area (TPSA) is 50.1 Å². The fourth-order valence-electron chi connectivity index (χ4n) is 1.20. The van der Waals surface area contributed by atoms with Gasteiger partial charge in [0, 0.05) is 5.88 Å². The van der Waals surface area contributed by atoms with Crippen molar-refractivity contribution >= 4 is 29.2 Å². The van der Waals surface area contributed by atoms with Gasteiger partial charge in [-0.05, 0) is 24.6 Å². The largest absolute Gasteiger partial charge is 0.462 e. The van der Waals surface area contributed by atoms with Crippen LogP contribution in [0.1, 0.15) is 28.4 Å². The Balaban J connectivity index is 3.27. The van der Waals surface area contributed by atoms with Gasteiger partial charge in [-0.1, -0.05) is 11.6 Å². The predicted molar refractivity (Wildman–Crippen MR) is 61.7 cm³/mol. The Morgan fingerprint density at radius 2 is 2.25 bits per heavy atom. The first kappa shape index (κ1) is 12.8. The standard InChI is InChI=1S/C11H9Cl2NO2/c1-2-16-11(15)9-4-7(5-12)3-8(6-14)10(9)13/h3-4H,2,5H2,1H3. The van der Waals surface area contributed by atoms with Crippen molar-refractivity contribution in [2.24, 2.45) is 0 Å². The highest BCUT2D eigenvalue weighted by molar-refractivity contribution is 6.34. The van der Waals surface area contributed by atoms with E-state index in [9.17, 15) is 4.79 Å². The average Bonchev–Trinajstić information content (AvgIpc) is 2.29. The van der Waals surface area contributed by atoms with Crippen molar-refractivity contribution in [1.82, 2.24) is 0 Å². The first-order valence-corrected chi connectivity index (χ1v) is 5.50. The smallest absolute Gasteiger partial charge is 0.339 e. The summed E-state index contributed by atoms with van der Waals surface area (Å²) in [5.74, 6) is -0.339. The molecule has 0 unspecified atom stereocenters. The summed E-state index contributed by atoms with van der Waals surface area (Å²) < 4.78 is 4.83. The molecule has 0 amide bonds. The van der Waals surface area contributed by atoms with Crippen LogP contribution in [0, 0.1) is 11.3 Å². The second-order valence-electron chi connectivity index (χ2n) is 2.97. The first-order valence-electron chi connectivity index (χ1n) is 4.59. The van der Waals surface area contributed by atoms with E-state index in [0.29, 0.717) is 5.56 Å². The molecule has 0 radical (unpaired) electrons. The van der Waals surface area contributed by atoms with E-state index in [1.54, 1.807) is 13.0 Å². The lowest BCUT2D eigenvalue weighted by Crippen LogP contribution is -2.07. The molecule has 1 aromatic rings. The molecule has 0 atom stereocenters. The zero-order valence-corrected chi connectivity index (χ0v) is 10.1. The summed E-state index contributed by atoms with van der Waals surface area (Å²) in [6.45, 7) is 1.95. The van der Waals surface area contributed by atoms with Crippen LogP contribution in [-0.4, -0.2) is 12.6 Å². The molecule has 0 saturated heterocycles. The van der Waals surface area contributed by atoms with Gasteiger partial charge >= 0.3 is 5.97 Å². The molecule has 16 heavy (non-hydrogen) atoms.